The standard InChI is InChI=1S/C17H22N4O4S/c1-10-7-13(8-14(11(10)2)26(23,24)21(3)4)17(22)18-9-15-19-16(20-25-15)12-5-6-12/h7-8,12H,5-6,9H2,1-4H3,(H,18,22). The summed E-state index contributed by atoms with van der Waals surface area (Å²) in [6.07, 6.45) is 2.13. The molecule has 1 aromatic carbocycles. The van der Waals surface area contributed by atoms with Crippen molar-refractivity contribution in [1.82, 2.24) is 19.8 Å². The molecule has 0 aliphatic heterocycles. The molecule has 9 heteroatoms. The normalized spacial score (nSPS) is 14.7. The molecule has 1 N–H and O–H groups in total. The molecule has 0 saturated heterocycles. The number of rotatable bonds is 6. The summed E-state index contributed by atoms with van der Waals surface area (Å²) in [5, 5.41) is 6.60. The highest BCUT2D eigenvalue weighted by molar-refractivity contribution is 7.89. The van der Waals surface area contributed by atoms with E-state index in [4.69, 9.17) is 4.52 Å². The highest BCUT2D eigenvalue weighted by Crippen LogP contribution is 2.38. The lowest BCUT2D eigenvalue weighted by Crippen LogP contribution is -2.26. The maximum Gasteiger partial charge on any atom is 0.251 e. The Bertz CT molecular complexity index is 946. The Balaban J connectivity index is 1.79. The van der Waals surface area contributed by atoms with E-state index in [0.29, 0.717) is 23.2 Å². The van der Waals surface area contributed by atoms with Crippen molar-refractivity contribution in [3.05, 3.63) is 40.5 Å². The van der Waals surface area contributed by atoms with Gasteiger partial charge in [-0.15, -0.1) is 0 Å². The molecule has 1 aliphatic carbocycles. The van der Waals surface area contributed by atoms with Crippen molar-refractivity contribution in [1.29, 1.82) is 0 Å². The molecule has 1 aliphatic rings. The lowest BCUT2D eigenvalue weighted by atomic mass is 10.1. The van der Waals surface area contributed by atoms with Gasteiger partial charge in [0.2, 0.25) is 15.9 Å². The fraction of sp³-hybridized carbons (Fsp3) is 0.471. The topological polar surface area (TPSA) is 105 Å². The van der Waals surface area contributed by atoms with Gasteiger partial charge >= 0.3 is 0 Å². The molecule has 8 nitrogen and oxygen atoms in total. The highest BCUT2D eigenvalue weighted by atomic mass is 32.2. The van der Waals surface area contributed by atoms with E-state index in [2.05, 4.69) is 15.5 Å². The van der Waals surface area contributed by atoms with E-state index in [9.17, 15) is 13.2 Å². The van der Waals surface area contributed by atoms with Crippen LogP contribution in [0.2, 0.25) is 0 Å². The number of hydrogen-bond acceptors (Lipinski definition) is 6. The third kappa shape index (κ3) is 3.63. The molecule has 1 fully saturated rings. The minimum Gasteiger partial charge on any atom is -0.343 e. The molecule has 0 spiro atoms. The smallest absolute Gasteiger partial charge is 0.251 e. The predicted molar refractivity (Wildman–Crippen MR) is 94.2 cm³/mol. The van der Waals surface area contributed by atoms with E-state index in [-0.39, 0.29) is 17.0 Å². The van der Waals surface area contributed by atoms with Crippen LogP contribution in [0.5, 0.6) is 0 Å². The van der Waals surface area contributed by atoms with Crippen LogP contribution in [-0.2, 0) is 16.6 Å². The fourth-order valence-electron chi connectivity index (χ4n) is 2.53. The Morgan fingerprint density at radius 2 is 2.00 bits per heavy atom. The number of sulfonamides is 1. The third-order valence-electron chi connectivity index (χ3n) is 4.47. The summed E-state index contributed by atoms with van der Waals surface area (Å²) in [6, 6.07) is 3.07. The Labute approximate surface area is 152 Å². The monoisotopic (exact) mass is 378 g/mol. The van der Waals surface area contributed by atoms with E-state index in [1.807, 2.05) is 0 Å². The second-order valence-electron chi connectivity index (χ2n) is 6.71. The van der Waals surface area contributed by atoms with Gasteiger partial charge in [-0.25, -0.2) is 12.7 Å². The second-order valence-corrected chi connectivity index (χ2v) is 8.83. The lowest BCUT2D eigenvalue weighted by Gasteiger charge is -2.16. The van der Waals surface area contributed by atoms with Crippen molar-refractivity contribution < 1.29 is 17.7 Å². The summed E-state index contributed by atoms with van der Waals surface area (Å²) in [5.74, 6) is 1.00. The zero-order valence-corrected chi connectivity index (χ0v) is 16.1. The van der Waals surface area contributed by atoms with Crippen molar-refractivity contribution in [3.8, 4) is 0 Å². The first-order valence-electron chi connectivity index (χ1n) is 8.34. The SMILES string of the molecule is Cc1cc(C(=O)NCc2nc(C3CC3)no2)cc(S(=O)(=O)N(C)C)c1C. The van der Waals surface area contributed by atoms with Gasteiger partial charge in [0, 0.05) is 25.6 Å². The Hall–Kier alpha value is -2.26. The van der Waals surface area contributed by atoms with Gasteiger partial charge in [0.25, 0.3) is 5.91 Å². The zero-order chi connectivity index (χ0) is 19.1. The maximum absolute atomic E-state index is 12.5. The molecule has 0 atom stereocenters. The quantitative estimate of drug-likeness (QED) is 0.821. The van der Waals surface area contributed by atoms with Gasteiger partial charge in [0.1, 0.15) is 0 Å². The maximum atomic E-state index is 12.5. The van der Waals surface area contributed by atoms with Crippen LogP contribution in [-0.4, -0.2) is 42.9 Å². The number of carbonyl (C=O) groups is 1. The number of nitrogens with zero attached hydrogens (tertiary/aromatic N) is 3. The minimum atomic E-state index is -3.64. The van der Waals surface area contributed by atoms with Gasteiger partial charge in [-0.05, 0) is 49.9 Å². The molecule has 0 radical (unpaired) electrons. The fourth-order valence-corrected chi connectivity index (χ4v) is 3.75. The number of aromatic nitrogens is 2. The highest BCUT2D eigenvalue weighted by Gasteiger charge is 2.29. The van der Waals surface area contributed by atoms with E-state index in [1.54, 1.807) is 19.9 Å². The molecule has 1 aromatic heterocycles. The van der Waals surface area contributed by atoms with Crippen molar-refractivity contribution in [2.24, 2.45) is 0 Å². The number of amides is 1. The van der Waals surface area contributed by atoms with Gasteiger partial charge in [0.15, 0.2) is 5.82 Å². The second kappa shape index (κ2) is 6.81. The first-order chi connectivity index (χ1) is 12.2. The summed E-state index contributed by atoms with van der Waals surface area (Å²) in [7, 11) is -0.716. The van der Waals surface area contributed by atoms with Gasteiger partial charge in [-0.1, -0.05) is 5.16 Å². The molecule has 1 saturated carbocycles. The van der Waals surface area contributed by atoms with Gasteiger partial charge in [0.05, 0.1) is 11.4 Å². The summed E-state index contributed by atoms with van der Waals surface area (Å²) in [5.41, 5.74) is 1.63. The van der Waals surface area contributed by atoms with Gasteiger partial charge < -0.3 is 9.84 Å². The first kappa shape index (κ1) is 18.5. The molecule has 140 valence electrons. The summed E-state index contributed by atoms with van der Waals surface area (Å²) in [4.78, 5) is 16.9. The van der Waals surface area contributed by atoms with Gasteiger partial charge in [-0.3, -0.25) is 4.79 Å². The van der Waals surface area contributed by atoms with Gasteiger partial charge in [-0.2, -0.15) is 4.98 Å². The average molecular weight is 378 g/mol. The summed E-state index contributed by atoms with van der Waals surface area (Å²) in [6.45, 7) is 3.60. The zero-order valence-electron chi connectivity index (χ0n) is 15.2. The minimum absolute atomic E-state index is 0.0985. The molecule has 26 heavy (non-hydrogen) atoms. The molecular formula is C17H22N4O4S. The van der Waals surface area contributed by atoms with Crippen molar-refractivity contribution in [2.75, 3.05) is 14.1 Å². The Kier molecular flexibility index (Phi) is 4.85. The largest absolute Gasteiger partial charge is 0.343 e. The Morgan fingerprint density at radius 3 is 2.62 bits per heavy atom. The number of hydrogen-bond donors (Lipinski definition) is 1. The summed E-state index contributed by atoms with van der Waals surface area (Å²) >= 11 is 0. The van der Waals surface area contributed by atoms with Crippen molar-refractivity contribution in [2.45, 2.75) is 44.0 Å². The van der Waals surface area contributed by atoms with E-state index in [0.717, 1.165) is 22.7 Å². The average Bonchev–Trinajstić information content (AvgIpc) is 3.33. The van der Waals surface area contributed by atoms with E-state index >= 15 is 0 Å². The van der Waals surface area contributed by atoms with E-state index < -0.39 is 15.9 Å². The van der Waals surface area contributed by atoms with Crippen LogP contribution in [0.15, 0.2) is 21.6 Å². The van der Waals surface area contributed by atoms with Crippen LogP contribution in [0.4, 0.5) is 0 Å². The molecule has 1 heterocycles. The number of carbonyl (C=O) groups excluding carboxylic acids is 1. The van der Waals surface area contributed by atoms with E-state index in [1.165, 1.54) is 20.2 Å². The third-order valence-corrected chi connectivity index (χ3v) is 6.41. The van der Waals surface area contributed by atoms with Crippen LogP contribution < -0.4 is 5.32 Å². The predicted octanol–water partition coefficient (Wildman–Crippen LogP) is 1.74. The molecule has 3 rings (SSSR count). The molecule has 2 aromatic rings. The van der Waals surface area contributed by atoms with Crippen molar-refractivity contribution in [3.63, 3.8) is 0 Å². The van der Waals surface area contributed by atoms with Crippen LogP contribution in [0.1, 0.15) is 52.0 Å². The number of benzene rings is 1. The lowest BCUT2D eigenvalue weighted by molar-refractivity contribution is 0.0946. The van der Waals surface area contributed by atoms with Crippen LogP contribution in [0.25, 0.3) is 0 Å². The number of nitrogens with one attached hydrogen (secondary N) is 1. The van der Waals surface area contributed by atoms with Crippen LogP contribution in [0, 0.1) is 13.8 Å². The Morgan fingerprint density at radius 1 is 1.31 bits per heavy atom. The first-order valence-corrected chi connectivity index (χ1v) is 9.78. The number of aryl methyl sites for hydroxylation is 1. The molecular weight excluding hydrogens is 356 g/mol. The molecule has 1 amide bonds. The summed E-state index contributed by atoms with van der Waals surface area (Å²) < 4.78 is 31.2. The van der Waals surface area contributed by atoms with Crippen LogP contribution in [0.3, 0.4) is 0 Å². The molecule has 0 unspecified atom stereocenters. The van der Waals surface area contributed by atoms with Crippen LogP contribution >= 0.6 is 0 Å². The molecule has 0 bridgehead atoms. The van der Waals surface area contributed by atoms with Crippen molar-refractivity contribution >= 4 is 15.9 Å².